The van der Waals surface area contributed by atoms with E-state index >= 15 is 0 Å². The van der Waals surface area contributed by atoms with E-state index < -0.39 is 15.7 Å². The molecule has 7 heteroatoms. The topological polar surface area (TPSA) is 84.5 Å². The minimum absolute atomic E-state index is 0.0312. The van der Waals surface area contributed by atoms with Gasteiger partial charge < -0.3 is 11.1 Å². The van der Waals surface area contributed by atoms with Crippen LogP contribution in [0.2, 0.25) is 0 Å². The fraction of sp³-hybridized carbons (Fsp3) is 0.278. The van der Waals surface area contributed by atoms with Gasteiger partial charge in [-0.3, -0.25) is 4.99 Å². The van der Waals surface area contributed by atoms with Gasteiger partial charge in [-0.1, -0.05) is 6.07 Å². The first kappa shape index (κ1) is 17.4. The Morgan fingerprint density at radius 2 is 1.84 bits per heavy atom. The lowest BCUT2D eigenvalue weighted by molar-refractivity contribution is 0.594. The van der Waals surface area contributed by atoms with Crippen molar-refractivity contribution in [3.63, 3.8) is 0 Å². The third kappa shape index (κ3) is 4.36. The van der Waals surface area contributed by atoms with Crippen LogP contribution in [0.1, 0.15) is 17.5 Å². The highest BCUT2D eigenvalue weighted by Gasteiger charge is 2.14. The number of halogens is 1. The van der Waals surface area contributed by atoms with Crippen LogP contribution in [0.4, 0.5) is 10.1 Å². The zero-order valence-electron chi connectivity index (χ0n) is 13.7. The van der Waals surface area contributed by atoms with E-state index in [1.165, 1.54) is 29.7 Å². The van der Waals surface area contributed by atoms with Gasteiger partial charge in [0.05, 0.1) is 17.2 Å². The molecule has 0 heterocycles. The van der Waals surface area contributed by atoms with Crippen LogP contribution in [0.5, 0.6) is 0 Å². The molecule has 0 amide bonds. The molecule has 0 spiro atoms. The number of hydrogen-bond donors (Lipinski definition) is 2. The van der Waals surface area contributed by atoms with E-state index in [0.29, 0.717) is 0 Å². The molecule has 0 radical (unpaired) electrons. The number of sulfone groups is 1. The number of anilines is 1. The van der Waals surface area contributed by atoms with Crippen LogP contribution in [0, 0.1) is 5.82 Å². The lowest BCUT2D eigenvalue weighted by atomic mass is 10.1. The second-order valence-electron chi connectivity index (χ2n) is 6.00. The SMILES string of the molecule is NC(=NCCS(=O)(=O)c1ccc(F)cc1)Nc1ccc2c(c1)CCC2. The lowest BCUT2D eigenvalue weighted by Gasteiger charge is -2.08. The number of rotatable bonds is 5. The van der Waals surface area contributed by atoms with E-state index in [1.807, 2.05) is 6.07 Å². The molecule has 0 fully saturated rings. The summed E-state index contributed by atoms with van der Waals surface area (Å²) in [5, 5.41) is 2.99. The van der Waals surface area contributed by atoms with Gasteiger partial charge in [-0.2, -0.15) is 0 Å². The molecule has 0 atom stereocenters. The number of fused-ring (bicyclic) bond motifs is 1. The van der Waals surface area contributed by atoms with E-state index in [2.05, 4.69) is 22.4 Å². The number of aliphatic imine (C=N–C) groups is 1. The monoisotopic (exact) mass is 361 g/mol. The number of nitrogens with one attached hydrogen (secondary N) is 1. The van der Waals surface area contributed by atoms with Gasteiger partial charge in [0.2, 0.25) is 0 Å². The Morgan fingerprint density at radius 1 is 1.12 bits per heavy atom. The molecule has 1 aliphatic carbocycles. The van der Waals surface area contributed by atoms with Crippen LogP contribution in [-0.2, 0) is 22.7 Å². The van der Waals surface area contributed by atoms with Crippen LogP contribution in [-0.4, -0.2) is 26.7 Å². The maximum absolute atomic E-state index is 12.9. The molecule has 2 aromatic rings. The van der Waals surface area contributed by atoms with Crippen LogP contribution >= 0.6 is 0 Å². The standard InChI is InChI=1S/C18H20FN3O2S/c19-15-5-8-17(9-6-15)25(23,24)11-10-21-18(20)22-16-7-4-13-2-1-3-14(13)12-16/h4-9,12H,1-3,10-11H2,(H3,20,21,22). The normalized spacial score (nSPS) is 14.4. The molecule has 3 N–H and O–H groups in total. The van der Waals surface area contributed by atoms with Crippen molar-refractivity contribution in [2.24, 2.45) is 10.7 Å². The van der Waals surface area contributed by atoms with Crippen molar-refractivity contribution >= 4 is 21.5 Å². The summed E-state index contributed by atoms with van der Waals surface area (Å²) in [6.07, 6.45) is 3.35. The summed E-state index contributed by atoms with van der Waals surface area (Å²) in [4.78, 5) is 4.15. The van der Waals surface area contributed by atoms with Crippen LogP contribution in [0.15, 0.2) is 52.4 Å². The number of aryl methyl sites for hydroxylation is 2. The van der Waals surface area contributed by atoms with Crippen molar-refractivity contribution < 1.29 is 12.8 Å². The second kappa shape index (κ2) is 7.23. The molecular weight excluding hydrogens is 341 g/mol. The Morgan fingerprint density at radius 3 is 2.60 bits per heavy atom. The highest BCUT2D eigenvalue weighted by molar-refractivity contribution is 7.91. The van der Waals surface area contributed by atoms with Gasteiger partial charge in [-0.15, -0.1) is 0 Å². The Hall–Kier alpha value is -2.41. The molecule has 0 saturated carbocycles. The van der Waals surface area contributed by atoms with E-state index in [4.69, 9.17) is 5.73 Å². The molecule has 1 aliphatic rings. The highest BCUT2D eigenvalue weighted by atomic mass is 32.2. The zero-order valence-corrected chi connectivity index (χ0v) is 14.5. The average Bonchev–Trinajstić information content (AvgIpc) is 3.02. The van der Waals surface area contributed by atoms with Gasteiger partial charge >= 0.3 is 0 Å². The molecule has 0 aromatic heterocycles. The smallest absolute Gasteiger partial charge is 0.193 e. The molecule has 5 nitrogen and oxygen atoms in total. The van der Waals surface area contributed by atoms with Crippen molar-refractivity contribution in [2.75, 3.05) is 17.6 Å². The van der Waals surface area contributed by atoms with Crippen molar-refractivity contribution in [1.29, 1.82) is 0 Å². The summed E-state index contributed by atoms with van der Waals surface area (Å²) in [6, 6.07) is 10.8. The van der Waals surface area contributed by atoms with Crippen molar-refractivity contribution in [1.82, 2.24) is 0 Å². The zero-order chi connectivity index (χ0) is 17.9. The largest absolute Gasteiger partial charge is 0.370 e. The summed E-state index contributed by atoms with van der Waals surface area (Å²) in [6.45, 7) is 0.0312. The fourth-order valence-corrected chi connectivity index (χ4v) is 4.00. The van der Waals surface area contributed by atoms with Gasteiger partial charge in [0.25, 0.3) is 0 Å². The van der Waals surface area contributed by atoms with Crippen molar-refractivity contribution in [2.45, 2.75) is 24.2 Å². The Bertz CT molecular complexity index is 893. The highest BCUT2D eigenvalue weighted by Crippen LogP contribution is 2.24. The Balaban J connectivity index is 1.59. The number of hydrogen-bond acceptors (Lipinski definition) is 3. The first-order valence-corrected chi connectivity index (χ1v) is 9.76. The second-order valence-corrected chi connectivity index (χ2v) is 8.11. The van der Waals surface area contributed by atoms with E-state index in [1.54, 1.807) is 0 Å². The predicted octanol–water partition coefficient (Wildman–Crippen LogP) is 2.51. The van der Waals surface area contributed by atoms with Crippen LogP contribution < -0.4 is 11.1 Å². The summed E-state index contributed by atoms with van der Waals surface area (Å²) in [7, 11) is -3.51. The van der Waals surface area contributed by atoms with E-state index in [9.17, 15) is 12.8 Å². The molecule has 0 aliphatic heterocycles. The first-order valence-electron chi connectivity index (χ1n) is 8.11. The number of nitrogens with zero attached hydrogens (tertiary/aromatic N) is 1. The lowest BCUT2D eigenvalue weighted by Crippen LogP contribution is -2.24. The van der Waals surface area contributed by atoms with Gasteiger partial charge in [0, 0.05) is 5.69 Å². The molecule has 0 saturated heterocycles. The predicted molar refractivity (Wildman–Crippen MR) is 97.0 cm³/mol. The van der Waals surface area contributed by atoms with Gasteiger partial charge in [0.1, 0.15) is 5.82 Å². The minimum atomic E-state index is -3.51. The van der Waals surface area contributed by atoms with E-state index in [0.717, 1.165) is 30.7 Å². The molecule has 2 aromatic carbocycles. The van der Waals surface area contributed by atoms with Crippen LogP contribution in [0.3, 0.4) is 0 Å². The number of nitrogens with two attached hydrogens (primary N) is 1. The molecule has 25 heavy (non-hydrogen) atoms. The van der Waals surface area contributed by atoms with E-state index in [-0.39, 0.29) is 23.2 Å². The van der Waals surface area contributed by atoms with Crippen LogP contribution in [0.25, 0.3) is 0 Å². The fourth-order valence-electron chi connectivity index (χ4n) is 2.88. The molecule has 132 valence electrons. The first-order chi connectivity index (χ1) is 11.9. The number of benzene rings is 2. The van der Waals surface area contributed by atoms with Crippen molar-refractivity contribution in [3.05, 3.63) is 59.4 Å². The Kier molecular flexibility index (Phi) is 5.03. The maximum atomic E-state index is 12.9. The van der Waals surface area contributed by atoms with Gasteiger partial charge in [0.15, 0.2) is 15.8 Å². The van der Waals surface area contributed by atoms with Gasteiger partial charge in [-0.25, -0.2) is 12.8 Å². The molecule has 0 unspecified atom stereocenters. The van der Waals surface area contributed by atoms with Gasteiger partial charge in [-0.05, 0) is 66.8 Å². The summed E-state index contributed by atoms with van der Waals surface area (Å²) in [5.74, 6) is -0.488. The third-order valence-corrected chi connectivity index (χ3v) is 5.90. The Labute approximate surface area is 146 Å². The van der Waals surface area contributed by atoms with Crippen molar-refractivity contribution in [3.8, 4) is 0 Å². The number of guanidine groups is 1. The quantitative estimate of drug-likeness (QED) is 0.487. The third-order valence-electron chi connectivity index (χ3n) is 4.19. The summed E-state index contributed by atoms with van der Waals surface area (Å²) >= 11 is 0. The maximum Gasteiger partial charge on any atom is 0.193 e. The molecular formula is C18H20FN3O2S. The molecule has 3 rings (SSSR count). The molecule has 0 bridgehead atoms. The average molecular weight is 361 g/mol. The summed E-state index contributed by atoms with van der Waals surface area (Å²) < 4.78 is 37.2. The summed E-state index contributed by atoms with van der Waals surface area (Å²) in [5.41, 5.74) is 9.37. The minimum Gasteiger partial charge on any atom is -0.370 e.